The molecular formula is C16H22N4O6. The summed E-state index contributed by atoms with van der Waals surface area (Å²) in [6, 6.07) is 6.14. The van der Waals surface area contributed by atoms with Crippen LogP contribution >= 0.6 is 0 Å². The number of carbonyl (C=O) groups excluding carboxylic acids is 2. The first-order chi connectivity index (χ1) is 12.4. The van der Waals surface area contributed by atoms with Gasteiger partial charge in [-0.25, -0.2) is 9.59 Å². The molecular weight excluding hydrogens is 344 g/mol. The Bertz CT molecular complexity index is 745. The fraction of sp³-hybridized carbons (Fsp3) is 0.500. The summed E-state index contributed by atoms with van der Waals surface area (Å²) in [5.41, 5.74) is -0.0893. The average Bonchev–Trinajstić information content (AvgIpc) is 2.97. The zero-order valence-corrected chi connectivity index (χ0v) is 15.5. The fourth-order valence-corrected chi connectivity index (χ4v) is 3.96. The summed E-state index contributed by atoms with van der Waals surface area (Å²) in [4.78, 5) is 43.5. The Hall–Kier alpha value is -2.40. The maximum atomic E-state index is 13.1. The highest BCUT2D eigenvalue weighted by molar-refractivity contribution is 5.86. The topological polar surface area (TPSA) is 84.0 Å². The second-order valence-corrected chi connectivity index (χ2v) is 5.85. The maximum Gasteiger partial charge on any atom is 0.375 e. The van der Waals surface area contributed by atoms with Crippen molar-refractivity contribution in [2.75, 3.05) is 35.5 Å². The number of hydrogen-bond donors (Lipinski definition) is 0. The van der Waals surface area contributed by atoms with E-state index in [1.807, 2.05) is 19.1 Å². The number of carbonyl (C=O) groups is 2. The lowest BCUT2D eigenvalue weighted by Crippen LogP contribution is -2.66. The van der Waals surface area contributed by atoms with Crippen molar-refractivity contribution in [3.05, 3.63) is 35.4 Å². The SMILES string of the molecule is CON1C(=O)N(C)C2(c3ccccc3C)N(OC)C(=O)N(OC)C12OC. The van der Waals surface area contributed by atoms with Crippen molar-refractivity contribution in [3.63, 3.8) is 0 Å². The number of benzene rings is 1. The van der Waals surface area contributed by atoms with Gasteiger partial charge in [-0.2, -0.15) is 5.06 Å². The zero-order chi connectivity index (χ0) is 19.3. The molecule has 0 spiro atoms. The van der Waals surface area contributed by atoms with Gasteiger partial charge in [-0.3, -0.25) is 19.4 Å². The van der Waals surface area contributed by atoms with E-state index in [1.54, 1.807) is 19.2 Å². The Labute approximate surface area is 151 Å². The standard InChI is InChI=1S/C16H22N4O6/c1-11-9-7-8-10-12(11)15-16(23-3,19(25-5)13(21)17(15)2)20(26-6)14(22)18(15)24-4/h7-10H,1-6H3. The number of rotatable bonds is 5. The summed E-state index contributed by atoms with van der Waals surface area (Å²) in [6.45, 7) is 1.87. The molecule has 1 aromatic carbocycles. The van der Waals surface area contributed by atoms with E-state index in [-0.39, 0.29) is 0 Å². The van der Waals surface area contributed by atoms with Gasteiger partial charge in [0.05, 0.1) is 21.3 Å². The first kappa shape index (κ1) is 18.4. The van der Waals surface area contributed by atoms with Gasteiger partial charge >= 0.3 is 17.9 Å². The number of likely N-dealkylation sites (N-methyl/N-ethyl adjacent to an activating group) is 1. The molecule has 10 nitrogen and oxygen atoms in total. The molecule has 0 radical (unpaired) electrons. The smallest absolute Gasteiger partial charge is 0.334 e. The molecule has 0 aromatic heterocycles. The van der Waals surface area contributed by atoms with Crippen LogP contribution in [-0.4, -0.2) is 73.5 Å². The predicted molar refractivity (Wildman–Crippen MR) is 87.7 cm³/mol. The first-order valence-corrected chi connectivity index (χ1v) is 7.86. The van der Waals surface area contributed by atoms with E-state index in [0.29, 0.717) is 5.56 Å². The van der Waals surface area contributed by atoms with E-state index < -0.39 is 23.6 Å². The van der Waals surface area contributed by atoms with Crippen LogP contribution in [-0.2, 0) is 24.9 Å². The van der Waals surface area contributed by atoms with Crippen molar-refractivity contribution in [2.45, 2.75) is 18.4 Å². The monoisotopic (exact) mass is 366 g/mol. The van der Waals surface area contributed by atoms with Gasteiger partial charge < -0.3 is 4.74 Å². The Morgan fingerprint density at radius 3 is 1.88 bits per heavy atom. The molecule has 0 N–H and O–H groups in total. The molecule has 3 rings (SSSR count). The van der Waals surface area contributed by atoms with Gasteiger partial charge in [0, 0.05) is 19.7 Å². The summed E-state index contributed by atoms with van der Waals surface area (Å²) in [5, 5.41) is 2.94. The molecule has 10 heteroatoms. The summed E-state index contributed by atoms with van der Waals surface area (Å²) >= 11 is 0. The molecule has 2 fully saturated rings. The minimum absolute atomic E-state index is 0.533. The van der Waals surface area contributed by atoms with Crippen molar-refractivity contribution in [1.82, 2.24) is 20.1 Å². The highest BCUT2D eigenvalue weighted by atomic mass is 16.8. The van der Waals surface area contributed by atoms with Crippen LogP contribution in [0.1, 0.15) is 11.1 Å². The van der Waals surface area contributed by atoms with Crippen LogP contribution in [0.25, 0.3) is 0 Å². The van der Waals surface area contributed by atoms with Gasteiger partial charge in [-0.1, -0.05) is 24.3 Å². The van der Waals surface area contributed by atoms with E-state index in [9.17, 15) is 9.59 Å². The normalized spacial score (nSPS) is 28.4. The van der Waals surface area contributed by atoms with Crippen LogP contribution in [0.5, 0.6) is 0 Å². The number of ether oxygens (including phenoxy) is 1. The highest BCUT2D eigenvalue weighted by Gasteiger charge is 2.83. The van der Waals surface area contributed by atoms with Gasteiger partial charge in [0.25, 0.3) is 0 Å². The van der Waals surface area contributed by atoms with Crippen LogP contribution < -0.4 is 0 Å². The molecule has 2 saturated heterocycles. The third-order valence-electron chi connectivity index (χ3n) is 4.95. The molecule has 142 valence electrons. The zero-order valence-electron chi connectivity index (χ0n) is 15.5. The van der Waals surface area contributed by atoms with E-state index in [1.165, 1.54) is 33.3 Å². The lowest BCUT2D eigenvalue weighted by molar-refractivity contribution is -0.383. The molecule has 2 unspecified atom stereocenters. The van der Waals surface area contributed by atoms with Crippen molar-refractivity contribution < 1.29 is 28.8 Å². The number of methoxy groups -OCH3 is 1. The quantitative estimate of drug-likeness (QED) is 0.780. The van der Waals surface area contributed by atoms with Crippen molar-refractivity contribution in [2.24, 2.45) is 0 Å². The van der Waals surface area contributed by atoms with Crippen LogP contribution in [0.15, 0.2) is 24.3 Å². The number of aryl methyl sites for hydroxylation is 1. The minimum atomic E-state index is -1.79. The molecule has 2 aliphatic rings. The van der Waals surface area contributed by atoms with Crippen LogP contribution in [0.2, 0.25) is 0 Å². The first-order valence-electron chi connectivity index (χ1n) is 7.86. The van der Waals surface area contributed by atoms with E-state index >= 15 is 0 Å². The van der Waals surface area contributed by atoms with Gasteiger partial charge in [0.1, 0.15) is 0 Å². The fourth-order valence-electron chi connectivity index (χ4n) is 3.96. The van der Waals surface area contributed by atoms with Gasteiger partial charge in [0.15, 0.2) is 0 Å². The summed E-state index contributed by atoms with van der Waals surface area (Å²) in [7, 11) is 6.86. The molecule has 0 bridgehead atoms. The molecule has 0 saturated carbocycles. The molecule has 2 aliphatic heterocycles. The Kier molecular flexibility index (Phi) is 4.31. The predicted octanol–water partition coefficient (Wildman–Crippen LogP) is 1.24. The number of fused-ring (bicyclic) bond motifs is 1. The summed E-state index contributed by atoms with van der Waals surface area (Å²) in [6.07, 6.45) is 0. The van der Waals surface area contributed by atoms with E-state index in [2.05, 4.69) is 0 Å². The molecule has 4 amide bonds. The Balaban J connectivity index is 2.46. The van der Waals surface area contributed by atoms with Gasteiger partial charge in [-0.05, 0) is 12.5 Å². The lowest BCUT2D eigenvalue weighted by atomic mass is 9.90. The largest absolute Gasteiger partial charge is 0.375 e. The number of hydroxylamine groups is 6. The third kappa shape index (κ3) is 1.74. The Morgan fingerprint density at radius 2 is 1.38 bits per heavy atom. The Morgan fingerprint density at radius 1 is 0.846 bits per heavy atom. The summed E-state index contributed by atoms with van der Waals surface area (Å²) < 4.78 is 5.78. The molecule has 1 aromatic rings. The van der Waals surface area contributed by atoms with E-state index in [0.717, 1.165) is 20.8 Å². The third-order valence-corrected chi connectivity index (χ3v) is 4.95. The van der Waals surface area contributed by atoms with Crippen molar-refractivity contribution in [1.29, 1.82) is 0 Å². The molecule has 0 aliphatic carbocycles. The van der Waals surface area contributed by atoms with Crippen molar-refractivity contribution >= 4 is 12.1 Å². The minimum Gasteiger partial charge on any atom is -0.334 e. The van der Waals surface area contributed by atoms with Crippen molar-refractivity contribution in [3.8, 4) is 0 Å². The summed E-state index contributed by atoms with van der Waals surface area (Å²) in [5.74, 6) is -1.79. The average molecular weight is 366 g/mol. The number of hydrogen-bond acceptors (Lipinski definition) is 6. The molecule has 2 heterocycles. The highest BCUT2D eigenvalue weighted by Crippen LogP contribution is 2.57. The van der Waals surface area contributed by atoms with E-state index in [4.69, 9.17) is 19.2 Å². The van der Waals surface area contributed by atoms with Gasteiger partial charge in [0.2, 0.25) is 5.66 Å². The second kappa shape index (κ2) is 6.09. The second-order valence-electron chi connectivity index (χ2n) is 5.85. The number of urea groups is 2. The van der Waals surface area contributed by atoms with Gasteiger partial charge in [-0.15, -0.1) is 10.1 Å². The molecule has 26 heavy (non-hydrogen) atoms. The van der Waals surface area contributed by atoms with Crippen LogP contribution in [0.4, 0.5) is 9.59 Å². The van der Waals surface area contributed by atoms with Crippen LogP contribution in [0.3, 0.4) is 0 Å². The lowest BCUT2D eigenvalue weighted by Gasteiger charge is -2.45. The number of nitrogens with zero attached hydrogens (tertiary/aromatic N) is 4. The number of amides is 4. The maximum absolute atomic E-state index is 13.1. The molecule has 2 atom stereocenters. The van der Waals surface area contributed by atoms with Crippen LogP contribution in [0, 0.1) is 6.92 Å².